The van der Waals surface area contributed by atoms with E-state index in [1.54, 1.807) is 0 Å². The van der Waals surface area contributed by atoms with Crippen molar-refractivity contribution in [2.24, 2.45) is 0 Å². The van der Waals surface area contributed by atoms with Gasteiger partial charge in [0.2, 0.25) is 0 Å². The Bertz CT molecular complexity index is 305. The van der Waals surface area contributed by atoms with Crippen LogP contribution in [0.5, 0.6) is 0 Å². The van der Waals surface area contributed by atoms with E-state index < -0.39 is 0 Å². The Balaban J connectivity index is 2.45. The van der Waals surface area contributed by atoms with Crippen molar-refractivity contribution in [3.05, 3.63) is 23.8 Å². The zero-order chi connectivity index (χ0) is 12.0. The number of anilines is 2. The predicted octanol–water partition coefficient (Wildman–Crippen LogP) is 3.52. The maximum atomic E-state index is 5.81. The number of nitrogens with one attached hydrogen (secondary N) is 1. The fourth-order valence-corrected chi connectivity index (χ4v) is 2.47. The highest BCUT2D eigenvalue weighted by Gasteiger charge is 2.02. The second-order valence-electron chi connectivity index (χ2n) is 4.16. The molecule has 0 saturated heterocycles. The molecule has 0 aromatic heterocycles. The Kier molecular flexibility index (Phi) is 5.53. The van der Waals surface area contributed by atoms with E-state index >= 15 is 0 Å². The molecular weight excluding hydrogens is 216 g/mol. The molecule has 1 rings (SSSR count). The van der Waals surface area contributed by atoms with Crippen molar-refractivity contribution in [2.45, 2.75) is 33.2 Å². The van der Waals surface area contributed by atoms with Gasteiger partial charge in [-0.2, -0.15) is 11.8 Å². The monoisotopic (exact) mass is 238 g/mol. The van der Waals surface area contributed by atoms with Crippen LogP contribution in [0.15, 0.2) is 18.2 Å². The number of hydrogen-bond donors (Lipinski definition) is 2. The van der Waals surface area contributed by atoms with E-state index in [1.165, 1.54) is 23.5 Å². The third-order valence-corrected chi connectivity index (χ3v) is 3.34. The van der Waals surface area contributed by atoms with Crippen LogP contribution >= 0.6 is 11.8 Å². The Morgan fingerprint density at radius 3 is 2.75 bits per heavy atom. The van der Waals surface area contributed by atoms with E-state index in [1.807, 2.05) is 23.9 Å². The molecule has 0 radical (unpaired) electrons. The molecule has 2 nitrogen and oxygen atoms in total. The zero-order valence-electron chi connectivity index (χ0n) is 10.4. The molecule has 0 amide bonds. The Labute approximate surface area is 103 Å². The van der Waals surface area contributed by atoms with Gasteiger partial charge in [-0.05, 0) is 55.5 Å². The van der Waals surface area contributed by atoms with Gasteiger partial charge in [-0.3, -0.25) is 0 Å². The van der Waals surface area contributed by atoms with Crippen LogP contribution in [0.3, 0.4) is 0 Å². The van der Waals surface area contributed by atoms with Crippen LogP contribution in [0.2, 0.25) is 0 Å². The van der Waals surface area contributed by atoms with Gasteiger partial charge < -0.3 is 11.1 Å². The second kappa shape index (κ2) is 6.69. The quantitative estimate of drug-likeness (QED) is 0.588. The zero-order valence-corrected chi connectivity index (χ0v) is 11.2. The van der Waals surface area contributed by atoms with E-state index in [2.05, 4.69) is 32.2 Å². The fourth-order valence-electron chi connectivity index (χ4n) is 1.66. The van der Waals surface area contributed by atoms with Crippen LogP contribution < -0.4 is 11.1 Å². The first-order chi connectivity index (χ1) is 7.61. The first kappa shape index (κ1) is 13.2. The fraction of sp³-hybridized carbons (Fsp3) is 0.538. The largest absolute Gasteiger partial charge is 0.399 e. The lowest BCUT2D eigenvalue weighted by atomic mass is 10.1. The van der Waals surface area contributed by atoms with Crippen LogP contribution in [0.1, 0.15) is 25.8 Å². The molecule has 16 heavy (non-hydrogen) atoms. The topological polar surface area (TPSA) is 38.0 Å². The number of thioether (sulfide) groups is 1. The van der Waals surface area contributed by atoms with Crippen LogP contribution in [0.25, 0.3) is 0 Å². The second-order valence-corrected chi connectivity index (χ2v) is 5.56. The van der Waals surface area contributed by atoms with Crippen molar-refractivity contribution >= 4 is 23.1 Å². The normalized spacial score (nSPS) is 12.4. The first-order valence-electron chi connectivity index (χ1n) is 5.83. The summed E-state index contributed by atoms with van der Waals surface area (Å²) in [7, 11) is 0. The third kappa shape index (κ3) is 4.79. The maximum Gasteiger partial charge on any atom is 0.0365 e. The average molecular weight is 238 g/mol. The lowest BCUT2D eigenvalue weighted by Crippen LogP contribution is -2.16. The number of nitrogen functional groups attached to an aromatic ring is 1. The van der Waals surface area contributed by atoms with Gasteiger partial charge in [0.25, 0.3) is 0 Å². The predicted molar refractivity (Wildman–Crippen MR) is 76.3 cm³/mol. The number of benzene rings is 1. The van der Waals surface area contributed by atoms with Crippen molar-refractivity contribution in [1.29, 1.82) is 0 Å². The molecule has 1 aromatic rings. The Morgan fingerprint density at radius 2 is 2.12 bits per heavy atom. The van der Waals surface area contributed by atoms with Gasteiger partial charge in [0, 0.05) is 17.4 Å². The highest BCUT2D eigenvalue weighted by molar-refractivity contribution is 7.99. The molecule has 3 heteroatoms. The van der Waals surface area contributed by atoms with Crippen molar-refractivity contribution in [3.63, 3.8) is 0 Å². The SMILES string of the molecule is CCSCCC(C)Nc1cc(C)cc(N)c1. The summed E-state index contributed by atoms with van der Waals surface area (Å²) in [5.41, 5.74) is 8.98. The van der Waals surface area contributed by atoms with Gasteiger partial charge in [0.1, 0.15) is 0 Å². The van der Waals surface area contributed by atoms with E-state index in [0.717, 1.165) is 11.4 Å². The molecule has 1 aromatic carbocycles. The number of nitrogens with two attached hydrogens (primary N) is 1. The molecule has 0 aliphatic rings. The molecule has 0 aliphatic heterocycles. The maximum absolute atomic E-state index is 5.81. The lowest BCUT2D eigenvalue weighted by Gasteiger charge is -2.15. The lowest BCUT2D eigenvalue weighted by molar-refractivity contribution is 0.771. The number of hydrogen-bond acceptors (Lipinski definition) is 3. The van der Waals surface area contributed by atoms with Crippen molar-refractivity contribution in [2.75, 3.05) is 22.6 Å². The van der Waals surface area contributed by atoms with Crippen LogP contribution in [-0.2, 0) is 0 Å². The van der Waals surface area contributed by atoms with Crippen molar-refractivity contribution < 1.29 is 0 Å². The van der Waals surface area contributed by atoms with Gasteiger partial charge in [-0.1, -0.05) is 6.92 Å². The number of rotatable bonds is 6. The highest BCUT2D eigenvalue weighted by Crippen LogP contribution is 2.17. The van der Waals surface area contributed by atoms with Gasteiger partial charge >= 0.3 is 0 Å². The van der Waals surface area contributed by atoms with Crippen molar-refractivity contribution in [3.8, 4) is 0 Å². The summed E-state index contributed by atoms with van der Waals surface area (Å²) in [4.78, 5) is 0. The van der Waals surface area contributed by atoms with Gasteiger partial charge in [-0.15, -0.1) is 0 Å². The number of aryl methyl sites for hydroxylation is 1. The summed E-state index contributed by atoms with van der Waals surface area (Å²) >= 11 is 1.99. The molecule has 1 unspecified atom stereocenters. The van der Waals surface area contributed by atoms with Gasteiger partial charge in [-0.25, -0.2) is 0 Å². The van der Waals surface area contributed by atoms with Crippen LogP contribution in [-0.4, -0.2) is 17.5 Å². The minimum Gasteiger partial charge on any atom is -0.399 e. The van der Waals surface area contributed by atoms with E-state index in [4.69, 9.17) is 5.73 Å². The molecular formula is C13H22N2S. The van der Waals surface area contributed by atoms with Crippen molar-refractivity contribution in [1.82, 2.24) is 0 Å². The highest BCUT2D eigenvalue weighted by atomic mass is 32.2. The molecule has 0 heterocycles. The Hall–Kier alpha value is -0.830. The smallest absolute Gasteiger partial charge is 0.0365 e. The van der Waals surface area contributed by atoms with E-state index in [-0.39, 0.29) is 0 Å². The molecule has 3 N–H and O–H groups in total. The van der Waals surface area contributed by atoms with Gasteiger partial charge in [0.15, 0.2) is 0 Å². The minimum atomic E-state index is 0.500. The minimum absolute atomic E-state index is 0.500. The molecule has 0 spiro atoms. The van der Waals surface area contributed by atoms with E-state index in [9.17, 15) is 0 Å². The molecule has 0 fully saturated rings. The van der Waals surface area contributed by atoms with Crippen LogP contribution in [0.4, 0.5) is 11.4 Å². The summed E-state index contributed by atoms with van der Waals surface area (Å²) in [6, 6.07) is 6.62. The summed E-state index contributed by atoms with van der Waals surface area (Å²) in [6.07, 6.45) is 1.19. The average Bonchev–Trinajstić information content (AvgIpc) is 2.16. The summed E-state index contributed by atoms with van der Waals surface area (Å²) < 4.78 is 0. The van der Waals surface area contributed by atoms with E-state index in [0.29, 0.717) is 6.04 Å². The molecule has 90 valence electrons. The third-order valence-electron chi connectivity index (χ3n) is 2.41. The molecule has 0 aliphatic carbocycles. The standard InChI is InChI=1S/C13H22N2S/c1-4-16-6-5-11(3)15-13-8-10(2)7-12(14)9-13/h7-9,11,15H,4-6,14H2,1-3H3. The molecule has 0 bridgehead atoms. The Morgan fingerprint density at radius 1 is 1.38 bits per heavy atom. The summed E-state index contributed by atoms with van der Waals surface area (Å²) in [6.45, 7) is 6.48. The van der Waals surface area contributed by atoms with Crippen LogP contribution in [0, 0.1) is 6.92 Å². The van der Waals surface area contributed by atoms with Gasteiger partial charge in [0.05, 0.1) is 0 Å². The summed E-state index contributed by atoms with van der Waals surface area (Å²) in [5, 5.41) is 3.49. The summed E-state index contributed by atoms with van der Waals surface area (Å²) in [5.74, 6) is 2.41. The first-order valence-corrected chi connectivity index (χ1v) is 6.98. The molecule has 1 atom stereocenters. The molecule has 0 saturated carbocycles.